The first-order valence-corrected chi connectivity index (χ1v) is 10.2. The van der Waals surface area contributed by atoms with Crippen LogP contribution < -0.4 is 16.0 Å². The van der Waals surface area contributed by atoms with Gasteiger partial charge in [0.2, 0.25) is 11.8 Å². The predicted octanol–water partition coefficient (Wildman–Crippen LogP) is 3.77. The Morgan fingerprint density at radius 1 is 1.17 bits per heavy atom. The Labute approximate surface area is 172 Å². The van der Waals surface area contributed by atoms with Gasteiger partial charge in [0.1, 0.15) is 0 Å². The van der Waals surface area contributed by atoms with Crippen LogP contribution in [-0.2, 0) is 21.4 Å². The van der Waals surface area contributed by atoms with Crippen molar-refractivity contribution >= 4 is 23.2 Å². The number of rotatable bonds is 3. The molecule has 0 aliphatic carbocycles. The molecule has 4 rings (SSSR count). The van der Waals surface area contributed by atoms with E-state index in [4.69, 9.17) is 0 Å². The van der Waals surface area contributed by atoms with Crippen molar-refractivity contribution in [1.82, 2.24) is 5.32 Å². The van der Waals surface area contributed by atoms with Crippen molar-refractivity contribution in [3.63, 3.8) is 0 Å². The Bertz CT molecular complexity index is 959. The van der Waals surface area contributed by atoms with E-state index in [0.717, 1.165) is 28.9 Å². The van der Waals surface area contributed by atoms with Crippen LogP contribution in [0.25, 0.3) is 0 Å². The molecule has 2 aromatic rings. The summed E-state index contributed by atoms with van der Waals surface area (Å²) in [5, 5.41) is 9.28. The predicted molar refractivity (Wildman–Crippen MR) is 116 cm³/mol. The maximum atomic E-state index is 12.9. The number of hydrogen-bond donors (Lipinski definition) is 3. The van der Waals surface area contributed by atoms with Gasteiger partial charge in [0.15, 0.2) is 0 Å². The molecule has 3 N–H and O–H groups in total. The molecule has 29 heavy (non-hydrogen) atoms. The van der Waals surface area contributed by atoms with E-state index < -0.39 is 11.5 Å². The first-order valence-electron chi connectivity index (χ1n) is 10.2. The first-order chi connectivity index (χ1) is 13.7. The summed E-state index contributed by atoms with van der Waals surface area (Å²) >= 11 is 0. The highest BCUT2D eigenvalue weighted by Crippen LogP contribution is 2.44. The number of hydrogen-bond acceptors (Lipinski definition) is 3. The minimum Gasteiger partial charge on any atom is -0.325 e. The minimum absolute atomic E-state index is 0.0152. The van der Waals surface area contributed by atoms with Crippen LogP contribution in [0.5, 0.6) is 0 Å². The van der Waals surface area contributed by atoms with Crippen molar-refractivity contribution in [1.29, 1.82) is 0 Å². The molecular weight excluding hydrogens is 362 g/mol. The monoisotopic (exact) mass is 391 g/mol. The van der Waals surface area contributed by atoms with Gasteiger partial charge in [-0.3, -0.25) is 9.59 Å². The van der Waals surface area contributed by atoms with Crippen LogP contribution in [-0.4, -0.2) is 24.4 Å². The van der Waals surface area contributed by atoms with Gasteiger partial charge in [-0.05, 0) is 54.5 Å². The van der Waals surface area contributed by atoms with Gasteiger partial charge in [0.25, 0.3) is 0 Å². The van der Waals surface area contributed by atoms with Crippen LogP contribution in [0.1, 0.15) is 43.9 Å². The van der Waals surface area contributed by atoms with Gasteiger partial charge in [-0.15, -0.1) is 0 Å². The maximum absolute atomic E-state index is 12.9. The number of fused-ring (bicyclic) bond motifs is 2. The highest BCUT2D eigenvalue weighted by molar-refractivity contribution is 6.08. The molecule has 0 saturated carbocycles. The summed E-state index contributed by atoms with van der Waals surface area (Å²) in [6, 6.07) is 13.6. The quantitative estimate of drug-likeness (QED) is 0.746. The average Bonchev–Trinajstić information content (AvgIpc) is 3.20. The van der Waals surface area contributed by atoms with E-state index >= 15 is 0 Å². The second kappa shape index (κ2) is 6.99. The fraction of sp³-hybridized carbons (Fsp3) is 0.417. The first kappa shape index (κ1) is 19.6. The van der Waals surface area contributed by atoms with Gasteiger partial charge in [0.05, 0.1) is 11.5 Å². The number of carbonyl (C=O) groups excluding carboxylic acids is 2. The summed E-state index contributed by atoms with van der Waals surface area (Å²) in [4.78, 5) is 25.7. The normalized spacial score (nSPS) is 23.2. The standard InChI is InChI=1S/C24H29N3O2/c1-15-5-8-17(9-6-15)26-21(28)20-13-24(14-25-20)18-11-16(12-23(2,3)4)7-10-19(18)27-22(24)29/h5-11,20,25H,12-14H2,1-4H3,(H,26,28)(H,27,29). The zero-order chi connectivity index (χ0) is 20.8. The van der Waals surface area contributed by atoms with Crippen LogP contribution in [0.4, 0.5) is 11.4 Å². The topological polar surface area (TPSA) is 70.2 Å². The van der Waals surface area contributed by atoms with Crippen LogP contribution in [0.2, 0.25) is 0 Å². The molecule has 2 heterocycles. The van der Waals surface area contributed by atoms with Crippen LogP contribution in [0.3, 0.4) is 0 Å². The summed E-state index contributed by atoms with van der Waals surface area (Å²) in [6.45, 7) is 9.11. The molecule has 0 radical (unpaired) electrons. The van der Waals surface area contributed by atoms with E-state index in [-0.39, 0.29) is 17.2 Å². The molecule has 2 aliphatic rings. The van der Waals surface area contributed by atoms with E-state index in [1.54, 1.807) is 0 Å². The third-order valence-electron chi connectivity index (χ3n) is 5.86. The molecule has 2 unspecified atom stereocenters. The summed E-state index contributed by atoms with van der Waals surface area (Å²) in [6.07, 6.45) is 1.40. The second-order valence-corrected chi connectivity index (χ2v) is 9.65. The van der Waals surface area contributed by atoms with Crippen LogP contribution in [0.15, 0.2) is 42.5 Å². The minimum atomic E-state index is -0.682. The molecule has 1 fully saturated rings. The van der Waals surface area contributed by atoms with Crippen molar-refractivity contribution in [2.75, 3.05) is 17.2 Å². The Balaban J connectivity index is 1.55. The molecule has 5 heteroatoms. The molecule has 2 aromatic carbocycles. The van der Waals surface area contributed by atoms with E-state index in [0.29, 0.717) is 13.0 Å². The lowest BCUT2D eigenvalue weighted by Crippen LogP contribution is -2.36. The second-order valence-electron chi connectivity index (χ2n) is 9.65. The maximum Gasteiger partial charge on any atom is 0.241 e. The average molecular weight is 392 g/mol. The Kier molecular flexibility index (Phi) is 4.74. The van der Waals surface area contributed by atoms with E-state index in [2.05, 4.69) is 48.9 Å². The van der Waals surface area contributed by atoms with Crippen molar-refractivity contribution in [3.8, 4) is 0 Å². The Morgan fingerprint density at radius 3 is 2.59 bits per heavy atom. The highest BCUT2D eigenvalue weighted by Gasteiger charge is 2.53. The molecule has 0 aromatic heterocycles. The number of benzene rings is 2. The van der Waals surface area contributed by atoms with Crippen molar-refractivity contribution in [3.05, 3.63) is 59.2 Å². The van der Waals surface area contributed by atoms with Crippen LogP contribution >= 0.6 is 0 Å². The SMILES string of the molecule is Cc1ccc(NC(=O)C2CC3(CN2)C(=O)Nc2ccc(CC(C)(C)C)cc23)cc1. The lowest BCUT2D eigenvalue weighted by Gasteiger charge is -2.23. The van der Waals surface area contributed by atoms with Gasteiger partial charge < -0.3 is 16.0 Å². The molecule has 2 amide bonds. The largest absolute Gasteiger partial charge is 0.325 e. The number of amides is 2. The van der Waals surface area contributed by atoms with Gasteiger partial charge in [0, 0.05) is 17.9 Å². The lowest BCUT2D eigenvalue weighted by atomic mass is 9.78. The highest BCUT2D eigenvalue weighted by atomic mass is 16.2. The molecular formula is C24H29N3O2. The van der Waals surface area contributed by atoms with Gasteiger partial charge in [-0.1, -0.05) is 50.6 Å². The third-order valence-corrected chi connectivity index (χ3v) is 5.86. The van der Waals surface area contributed by atoms with Gasteiger partial charge >= 0.3 is 0 Å². The molecule has 1 spiro atoms. The number of aryl methyl sites for hydroxylation is 1. The van der Waals surface area contributed by atoms with Gasteiger partial charge in [-0.2, -0.15) is 0 Å². The smallest absolute Gasteiger partial charge is 0.241 e. The summed E-state index contributed by atoms with van der Waals surface area (Å²) < 4.78 is 0. The molecule has 5 nitrogen and oxygen atoms in total. The molecule has 0 bridgehead atoms. The van der Waals surface area contributed by atoms with Crippen molar-refractivity contribution in [2.45, 2.75) is 52.0 Å². The number of anilines is 2. The fourth-order valence-electron chi connectivity index (χ4n) is 4.40. The Hall–Kier alpha value is -2.66. The lowest BCUT2D eigenvalue weighted by molar-refractivity contribution is -0.120. The zero-order valence-electron chi connectivity index (χ0n) is 17.6. The van der Waals surface area contributed by atoms with Gasteiger partial charge in [-0.25, -0.2) is 0 Å². The zero-order valence-corrected chi connectivity index (χ0v) is 17.6. The Morgan fingerprint density at radius 2 is 1.90 bits per heavy atom. The van der Waals surface area contributed by atoms with E-state index in [1.807, 2.05) is 37.3 Å². The van der Waals surface area contributed by atoms with E-state index in [1.165, 1.54) is 5.56 Å². The molecule has 1 saturated heterocycles. The fourth-order valence-corrected chi connectivity index (χ4v) is 4.40. The summed E-state index contributed by atoms with van der Waals surface area (Å²) in [7, 11) is 0. The number of carbonyl (C=O) groups is 2. The van der Waals surface area contributed by atoms with Crippen molar-refractivity contribution in [2.24, 2.45) is 5.41 Å². The third kappa shape index (κ3) is 3.79. The summed E-state index contributed by atoms with van der Waals surface area (Å²) in [5.74, 6) is -0.114. The van der Waals surface area contributed by atoms with Crippen molar-refractivity contribution < 1.29 is 9.59 Å². The molecule has 2 aliphatic heterocycles. The molecule has 2 atom stereocenters. The summed E-state index contributed by atoms with van der Waals surface area (Å²) in [5.41, 5.74) is 4.51. The number of nitrogens with one attached hydrogen (secondary N) is 3. The molecule has 152 valence electrons. The van der Waals surface area contributed by atoms with E-state index in [9.17, 15) is 9.59 Å². The van der Waals surface area contributed by atoms with Crippen LogP contribution in [0, 0.1) is 12.3 Å².